The van der Waals surface area contributed by atoms with Gasteiger partial charge in [-0.1, -0.05) is 29.5 Å². The maximum absolute atomic E-state index is 13.3. The van der Waals surface area contributed by atoms with Crippen molar-refractivity contribution in [1.82, 2.24) is 14.2 Å². The first-order valence-corrected chi connectivity index (χ1v) is 14.2. The first-order chi connectivity index (χ1) is 16.7. The molecule has 1 aromatic carbocycles. The summed E-state index contributed by atoms with van der Waals surface area (Å²) in [5.74, 6) is 0.651. The van der Waals surface area contributed by atoms with E-state index in [1.165, 1.54) is 6.92 Å². The van der Waals surface area contributed by atoms with Crippen molar-refractivity contribution in [3.05, 3.63) is 36.0 Å². The zero-order valence-corrected chi connectivity index (χ0v) is 21.8. The Morgan fingerprint density at radius 3 is 2.51 bits per heavy atom. The molecule has 11 heteroatoms. The van der Waals surface area contributed by atoms with Crippen LogP contribution in [-0.4, -0.2) is 67.2 Å². The number of benzene rings is 1. The number of aryl methyl sites for hydroxylation is 1. The van der Waals surface area contributed by atoms with E-state index in [4.69, 9.17) is 4.74 Å². The minimum absolute atomic E-state index is 0.0979. The third kappa shape index (κ3) is 6.02. The standard InChI is InChI=1S/C24H32N4O5S2/c1-18-22(34-23(25-18)26-19(2)29)35(31,32)28-15-12-24(17-28)10-13-27(14-11-24)21(30)9-6-16-33-20-7-4-3-5-8-20/h3-5,7-8H,6,9-17H2,1-2H3,(H,25,26,29). The summed E-state index contributed by atoms with van der Waals surface area (Å²) in [7, 11) is -3.68. The van der Waals surface area contributed by atoms with Gasteiger partial charge in [-0.25, -0.2) is 13.4 Å². The van der Waals surface area contributed by atoms with Crippen molar-refractivity contribution in [1.29, 1.82) is 0 Å². The Labute approximate surface area is 210 Å². The number of carbonyl (C=O) groups excluding carboxylic acids is 2. The van der Waals surface area contributed by atoms with Crippen LogP contribution >= 0.6 is 11.3 Å². The Morgan fingerprint density at radius 1 is 1.14 bits per heavy atom. The molecule has 190 valence electrons. The van der Waals surface area contributed by atoms with Crippen LogP contribution in [0, 0.1) is 12.3 Å². The number of nitrogens with one attached hydrogen (secondary N) is 1. The monoisotopic (exact) mass is 520 g/mol. The average molecular weight is 521 g/mol. The van der Waals surface area contributed by atoms with Gasteiger partial charge in [-0.05, 0) is 50.2 Å². The fraction of sp³-hybridized carbons (Fsp3) is 0.542. The number of hydrogen-bond donors (Lipinski definition) is 1. The van der Waals surface area contributed by atoms with E-state index < -0.39 is 10.0 Å². The van der Waals surface area contributed by atoms with Gasteiger partial charge in [-0.2, -0.15) is 4.31 Å². The van der Waals surface area contributed by atoms with Crippen molar-refractivity contribution in [2.45, 2.75) is 50.2 Å². The highest BCUT2D eigenvalue weighted by molar-refractivity contribution is 7.91. The summed E-state index contributed by atoms with van der Waals surface area (Å²) < 4.78 is 34.0. The highest BCUT2D eigenvalue weighted by Crippen LogP contribution is 2.43. The Balaban J connectivity index is 1.27. The second kappa shape index (κ2) is 10.6. The van der Waals surface area contributed by atoms with Crippen LogP contribution in [0.25, 0.3) is 0 Å². The van der Waals surface area contributed by atoms with Crippen molar-refractivity contribution in [3.8, 4) is 5.75 Å². The van der Waals surface area contributed by atoms with Gasteiger partial charge < -0.3 is 15.0 Å². The molecule has 0 bridgehead atoms. The lowest BCUT2D eigenvalue weighted by Gasteiger charge is -2.39. The second-order valence-electron chi connectivity index (χ2n) is 9.31. The SMILES string of the molecule is CC(=O)Nc1nc(C)c(S(=O)(=O)N2CCC3(CCN(C(=O)CCCOc4ccccc4)CC3)C2)s1. The first kappa shape index (κ1) is 25.6. The second-order valence-corrected chi connectivity index (χ2v) is 12.4. The van der Waals surface area contributed by atoms with Gasteiger partial charge in [-0.15, -0.1) is 0 Å². The number of aromatic nitrogens is 1. The van der Waals surface area contributed by atoms with E-state index in [0.717, 1.165) is 36.3 Å². The van der Waals surface area contributed by atoms with Gasteiger partial charge in [0, 0.05) is 39.5 Å². The summed E-state index contributed by atoms with van der Waals surface area (Å²) in [6.07, 6.45) is 3.49. The number of ether oxygens (including phenoxy) is 1. The Kier molecular flexibility index (Phi) is 7.77. The van der Waals surface area contributed by atoms with Crippen molar-refractivity contribution >= 4 is 38.3 Å². The quantitative estimate of drug-likeness (QED) is 0.535. The molecule has 2 fully saturated rings. The minimum Gasteiger partial charge on any atom is -0.494 e. The van der Waals surface area contributed by atoms with Gasteiger partial charge in [0.05, 0.1) is 12.3 Å². The summed E-state index contributed by atoms with van der Waals surface area (Å²) in [6, 6.07) is 9.56. The summed E-state index contributed by atoms with van der Waals surface area (Å²) in [6.45, 7) is 5.73. The van der Waals surface area contributed by atoms with Gasteiger partial charge in [-0.3, -0.25) is 9.59 Å². The predicted octanol–water partition coefficient (Wildman–Crippen LogP) is 3.27. The van der Waals surface area contributed by atoms with Gasteiger partial charge in [0.1, 0.15) is 5.75 Å². The lowest BCUT2D eigenvalue weighted by atomic mass is 9.78. The number of carbonyl (C=O) groups is 2. The van der Waals surface area contributed by atoms with E-state index in [1.54, 1.807) is 11.2 Å². The van der Waals surface area contributed by atoms with E-state index in [-0.39, 0.29) is 21.4 Å². The number of anilines is 1. The van der Waals surface area contributed by atoms with E-state index in [2.05, 4.69) is 10.3 Å². The average Bonchev–Trinajstić information content (AvgIpc) is 3.41. The van der Waals surface area contributed by atoms with E-state index in [1.807, 2.05) is 35.2 Å². The molecular weight excluding hydrogens is 488 g/mol. The van der Waals surface area contributed by atoms with Crippen LogP contribution in [-0.2, 0) is 19.6 Å². The number of sulfonamides is 1. The van der Waals surface area contributed by atoms with Gasteiger partial charge in [0.25, 0.3) is 10.0 Å². The molecular formula is C24H32N4O5S2. The third-order valence-electron chi connectivity index (χ3n) is 6.74. The number of hydrogen-bond acceptors (Lipinski definition) is 7. The van der Waals surface area contributed by atoms with E-state index >= 15 is 0 Å². The Bertz CT molecular complexity index is 1160. The van der Waals surface area contributed by atoms with Crippen LogP contribution in [0.4, 0.5) is 5.13 Å². The highest BCUT2D eigenvalue weighted by Gasteiger charge is 2.45. The zero-order chi connectivity index (χ0) is 25.1. The van der Waals surface area contributed by atoms with Crippen LogP contribution < -0.4 is 10.1 Å². The van der Waals surface area contributed by atoms with Crippen LogP contribution in [0.3, 0.4) is 0 Å². The van der Waals surface area contributed by atoms with Crippen LogP contribution in [0.5, 0.6) is 5.75 Å². The van der Waals surface area contributed by atoms with Gasteiger partial charge in [0.2, 0.25) is 11.8 Å². The molecule has 1 spiro atoms. The summed E-state index contributed by atoms with van der Waals surface area (Å²) in [5, 5.41) is 2.86. The summed E-state index contributed by atoms with van der Waals surface area (Å²) in [4.78, 5) is 30.1. The summed E-state index contributed by atoms with van der Waals surface area (Å²) in [5.41, 5.74) is 0.302. The molecule has 0 unspecified atom stereocenters. The third-order valence-corrected chi connectivity index (χ3v) is 10.2. The molecule has 2 saturated heterocycles. The largest absolute Gasteiger partial charge is 0.494 e. The Hall–Kier alpha value is -2.50. The molecule has 3 heterocycles. The number of likely N-dealkylation sites (tertiary alicyclic amines) is 1. The normalized spacial score (nSPS) is 18.1. The van der Waals surface area contributed by atoms with Crippen molar-refractivity contribution in [2.75, 3.05) is 38.1 Å². The minimum atomic E-state index is -3.68. The van der Waals surface area contributed by atoms with Crippen LogP contribution in [0.1, 0.15) is 44.7 Å². The van der Waals surface area contributed by atoms with Crippen molar-refractivity contribution in [3.63, 3.8) is 0 Å². The molecule has 4 rings (SSSR count). The molecule has 2 aliphatic heterocycles. The lowest BCUT2D eigenvalue weighted by Crippen LogP contribution is -2.44. The Morgan fingerprint density at radius 2 is 1.83 bits per heavy atom. The fourth-order valence-electron chi connectivity index (χ4n) is 4.77. The highest BCUT2D eigenvalue weighted by atomic mass is 32.2. The smallest absolute Gasteiger partial charge is 0.254 e. The van der Waals surface area contributed by atoms with E-state index in [0.29, 0.717) is 56.5 Å². The zero-order valence-electron chi connectivity index (χ0n) is 20.2. The number of nitrogens with zero attached hydrogens (tertiary/aromatic N) is 3. The maximum atomic E-state index is 13.3. The number of amides is 2. The molecule has 35 heavy (non-hydrogen) atoms. The molecule has 2 amide bonds. The van der Waals surface area contributed by atoms with Crippen LogP contribution in [0.15, 0.2) is 34.5 Å². The van der Waals surface area contributed by atoms with Gasteiger partial charge in [0.15, 0.2) is 9.34 Å². The molecule has 1 N–H and O–H groups in total. The molecule has 0 aliphatic carbocycles. The number of thiazole rings is 1. The first-order valence-electron chi connectivity index (χ1n) is 11.9. The molecule has 2 aromatic rings. The fourth-order valence-corrected chi connectivity index (χ4v) is 7.92. The topological polar surface area (TPSA) is 109 Å². The molecule has 1 aromatic heterocycles. The molecule has 9 nitrogen and oxygen atoms in total. The lowest BCUT2D eigenvalue weighted by molar-refractivity contribution is -0.133. The van der Waals surface area contributed by atoms with Crippen molar-refractivity contribution < 1.29 is 22.7 Å². The van der Waals surface area contributed by atoms with Crippen molar-refractivity contribution in [2.24, 2.45) is 5.41 Å². The molecule has 0 radical (unpaired) electrons. The number of piperidine rings is 1. The maximum Gasteiger partial charge on any atom is 0.254 e. The predicted molar refractivity (Wildman–Crippen MR) is 134 cm³/mol. The van der Waals surface area contributed by atoms with Gasteiger partial charge >= 0.3 is 0 Å². The van der Waals surface area contributed by atoms with Crippen LogP contribution in [0.2, 0.25) is 0 Å². The number of para-hydroxylation sites is 1. The molecule has 0 saturated carbocycles. The molecule has 2 aliphatic rings. The molecule has 0 atom stereocenters. The van der Waals surface area contributed by atoms with E-state index in [9.17, 15) is 18.0 Å². The summed E-state index contributed by atoms with van der Waals surface area (Å²) >= 11 is 0.993. The number of rotatable bonds is 8.